The van der Waals surface area contributed by atoms with E-state index in [2.05, 4.69) is 22.2 Å². The van der Waals surface area contributed by atoms with Gasteiger partial charge >= 0.3 is 6.03 Å². The Labute approximate surface area is 144 Å². The van der Waals surface area contributed by atoms with Crippen LogP contribution in [0.15, 0.2) is 6.07 Å². The number of likely N-dealkylation sites (tertiary alicyclic amines) is 1. The first-order valence-electron chi connectivity index (χ1n) is 8.70. The van der Waals surface area contributed by atoms with Crippen molar-refractivity contribution in [2.45, 2.75) is 45.6 Å². The first-order valence-corrected chi connectivity index (χ1v) is 8.70. The monoisotopic (exact) mass is 335 g/mol. The number of hydrogen-bond acceptors (Lipinski definition) is 5. The van der Waals surface area contributed by atoms with Gasteiger partial charge in [-0.1, -0.05) is 6.92 Å². The Hall–Kier alpha value is -1.89. The number of aromatic nitrogens is 2. The lowest BCUT2D eigenvalue weighted by atomic mass is 10.2. The van der Waals surface area contributed by atoms with E-state index in [9.17, 15) is 4.79 Å². The first-order chi connectivity index (χ1) is 11.5. The number of amides is 2. The number of nitrogens with one attached hydrogen (secondary N) is 1. The molecule has 0 aromatic carbocycles. The highest BCUT2D eigenvalue weighted by Crippen LogP contribution is 2.16. The summed E-state index contributed by atoms with van der Waals surface area (Å²) in [4.78, 5) is 24.9. The van der Waals surface area contributed by atoms with Crippen LogP contribution < -0.4 is 10.2 Å². The Balaban J connectivity index is 1.95. The zero-order chi connectivity index (χ0) is 17.5. The number of hydrogen-bond donors (Lipinski definition) is 1. The van der Waals surface area contributed by atoms with Gasteiger partial charge in [-0.05, 0) is 32.6 Å². The van der Waals surface area contributed by atoms with Crippen LogP contribution in [0.25, 0.3) is 0 Å². The van der Waals surface area contributed by atoms with Crippen LogP contribution in [-0.4, -0.2) is 60.8 Å². The van der Waals surface area contributed by atoms with Crippen LogP contribution in [0.4, 0.5) is 16.6 Å². The van der Waals surface area contributed by atoms with Gasteiger partial charge in [0.2, 0.25) is 5.95 Å². The van der Waals surface area contributed by atoms with E-state index < -0.39 is 0 Å². The van der Waals surface area contributed by atoms with Crippen LogP contribution >= 0.6 is 0 Å². The number of carbonyl (C=O) groups is 1. The summed E-state index contributed by atoms with van der Waals surface area (Å²) in [5, 5.41) is 2.83. The molecule has 0 spiro atoms. The Bertz CT molecular complexity index is 550. The number of aryl methyl sites for hydroxylation is 1. The molecule has 2 amide bonds. The Morgan fingerprint density at radius 2 is 2.17 bits per heavy atom. The molecule has 1 aromatic rings. The number of urea groups is 1. The Morgan fingerprint density at radius 3 is 2.88 bits per heavy atom. The molecule has 1 N–H and O–H groups in total. The Kier molecular flexibility index (Phi) is 6.78. The summed E-state index contributed by atoms with van der Waals surface area (Å²) in [6.07, 6.45) is 4.14. The molecule has 1 fully saturated rings. The fourth-order valence-electron chi connectivity index (χ4n) is 2.73. The number of rotatable bonds is 5. The molecule has 0 unspecified atom stereocenters. The van der Waals surface area contributed by atoms with Crippen molar-refractivity contribution in [1.29, 1.82) is 0 Å². The van der Waals surface area contributed by atoms with Gasteiger partial charge in [-0.2, -0.15) is 4.98 Å². The summed E-state index contributed by atoms with van der Waals surface area (Å²) in [7, 11) is 3.83. The van der Waals surface area contributed by atoms with Gasteiger partial charge in [0.1, 0.15) is 5.82 Å². The van der Waals surface area contributed by atoms with E-state index in [0.29, 0.717) is 12.5 Å². The van der Waals surface area contributed by atoms with Crippen LogP contribution in [0, 0.1) is 6.92 Å². The molecule has 1 atom stereocenters. The van der Waals surface area contributed by atoms with Crippen molar-refractivity contribution >= 4 is 17.8 Å². The highest BCUT2D eigenvalue weighted by molar-refractivity contribution is 5.87. The third-order valence-corrected chi connectivity index (χ3v) is 4.04. The molecule has 0 saturated carbocycles. The molecule has 0 radical (unpaired) electrons. The normalized spacial score (nSPS) is 18.2. The number of anilines is 2. The molecule has 1 aliphatic rings. The highest BCUT2D eigenvalue weighted by Gasteiger charge is 2.21. The van der Waals surface area contributed by atoms with E-state index in [1.165, 1.54) is 0 Å². The van der Waals surface area contributed by atoms with Crippen molar-refractivity contribution in [3.63, 3.8) is 0 Å². The average molecular weight is 335 g/mol. The minimum absolute atomic E-state index is 0.138. The lowest BCUT2D eigenvalue weighted by Crippen LogP contribution is -2.36. The maximum absolute atomic E-state index is 12.5. The minimum atomic E-state index is -0.138. The molecular weight excluding hydrogens is 306 g/mol. The minimum Gasteiger partial charge on any atom is -0.378 e. The smallest absolute Gasteiger partial charge is 0.324 e. The van der Waals surface area contributed by atoms with Gasteiger partial charge in [-0.3, -0.25) is 5.32 Å². The lowest BCUT2D eigenvalue weighted by molar-refractivity contribution is 0.0446. The molecule has 134 valence electrons. The molecule has 1 aliphatic heterocycles. The zero-order valence-electron chi connectivity index (χ0n) is 15.2. The summed E-state index contributed by atoms with van der Waals surface area (Å²) < 4.78 is 5.83. The predicted molar refractivity (Wildman–Crippen MR) is 95.6 cm³/mol. The van der Waals surface area contributed by atoms with Crippen molar-refractivity contribution in [1.82, 2.24) is 14.9 Å². The Morgan fingerprint density at radius 1 is 1.38 bits per heavy atom. The standard InChI is InChI=1S/C17H29N5O2/c1-5-11-24-14-7-6-9-22(10-8-14)17(23)20-16-18-13(2)12-15(19-16)21(3)4/h12,14H,5-11H2,1-4H3,(H,18,19,20,23)/t14-/m0/s1. The van der Waals surface area contributed by atoms with E-state index in [0.717, 1.165) is 50.3 Å². The summed E-state index contributed by atoms with van der Waals surface area (Å²) in [6, 6.07) is 1.75. The molecule has 24 heavy (non-hydrogen) atoms. The average Bonchev–Trinajstić information content (AvgIpc) is 2.78. The molecule has 2 heterocycles. The van der Waals surface area contributed by atoms with E-state index in [1.54, 1.807) is 0 Å². The van der Waals surface area contributed by atoms with Crippen LogP contribution in [0.2, 0.25) is 0 Å². The van der Waals surface area contributed by atoms with Crippen molar-refractivity contribution in [2.24, 2.45) is 0 Å². The lowest BCUT2D eigenvalue weighted by Gasteiger charge is -2.21. The van der Waals surface area contributed by atoms with Crippen LogP contribution in [0.3, 0.4) is 0 Å². The van der Waals surface area contributed by atoms with E-state index >= 15 is 0 Å². The van der Waals surface area contributed by atoms with Crippen molar-refractivity contribution in [2.75, 3.05) is 44.0 Å². The maximum atomic E-state index is 12.5. The van der Waals surface area contributed by atoms with Crippen molar-refractivity contribution in [3.8, 4) is 0 Å². The van der Waals surface area contributed by atoms with Crippen molar-refractivity contribution < 1.29 is 9.53 Å². The van der Waals surface area contributed by atoms with Gasteiger partial charge in [0.25, 0.3) is 0 Å². The molecule has 0 aliphatic carbocycles. The molecule has 2 rings (SSSR count). The molecule has 7 heteroatoms. The van der Waals surface area contributed by atoms with E-state index in [-0.39, 0.29) is 12.1 Å². The van der Waals surface area contributed by atoms with Crippen LogP contribution in [0.5, 0.6) is 0 Å². The molecule has 0 bridgehead atoms. The van der Waals surface area contributed by atoms with Gasteiger partial charge in [-0.25, -0.2) is 9.78 Å². The molecule has 1 saturated heterocycles. The second kappa shape index (κ2) is 8.82. The second-order valence-corrected chi connectivity index (χ2v) is 6.43. The number of nitrogens with zero attached hydrogens (tertiary/aromatic N) is 4. The largest absolute Gasteiger partial charge is 0.378 e. The van der Waals surface area contributed by atoms with Gasteiger partial charge in [0.15, 0.2) is 0 Å². The third kappa shape index (κ3) is 5.33. The summed E-state index contributed by atoms with van der Waals surface area (Å²) in [5.41, 5.74) is 0.827. The quantitative estimate of drug-likeness (QED) is 0.896. The first kappa shape index (κ1) is 18.4. The zero-order valence-corrected chi connectivity index (χ0v) is 15.2. The summed E-state index contributed by atoms with van der Waals surface area (Å²) >= 11 is 0. The van der Waals surface area contributed by atoms with Crippen LogP contribution in [-0.2, 0) is 4.74 Å². The fourth-order valence-corrected chi connectivity index (χ4v) is 2.73. The fraction of sp³-hybridized carbons (Fsp3) is 0.706. The highest BCUT2D eigenvalue weighted by atomic mass is 16.5. The molecule has 7 nitrogen and oxygen atoms in total. The summed E-state index contributed by atoms with van der Waals surface area (Å²) in [5.74, 6) is 1.13. The topological polar surface area (TPSA) is 70.6 Å². The van der Waals surface area contributed by atoms with Gasteiger partial charge < -0.3 is 14.5 Å². The number of ether oxygens (including phenoxy) is 1. The van der Waals surface area contributed by atoms with E-state index in [1.807, 2.05) is 36.9 Å². The third-order valence-electron chi connectivity index (χ3n) is 4.04. The maximum Gasteiger partial charge on any atom is 0.324 e. The van der Waals surface area contributed by atoms with Gasteiger partial charge in [-0.15, -0.1) is 0 Å². The van der Waals surface area contributed by atoms with Gasteiger partial charge in [0.05, 0.1) is 6.10 Å². The van der Waals surface area contributed by atoms with E-state index in [4.69, 9.17) is 4.74 Å². The molecular formula is C17H29N5O2. The second-order valence-electron chi connectivity index (χ2n) is 6.43. The van der Waals surface area contributed by atoms with Crippen molar-refractivity contribution in [3.05, 3.63) is 11.8 Å². The number of carbonyl (C=O) groups excluding carboxylic acids is 1. The van der Waals surface area contributed by atoms with Crippen LogP contribution in [0.1, 0.15) is 38.3 Å². The SMILES string of the molecule is CCCO[C@H]1CCCN(C(=O)Nc2nc(C)cc(N(C)C)n2)CC1. The summed E-state index contributed by atoms with van der Waals surface area (Å²) in [6.45, 7) is 6.24. The molecule has 1 aromatic heterocycles. The predicted octanol–water partition coefficient (Wildman–Crippen LogP) is 2.66. The van der Waals surface area contributed by atoms with Gasteiger partial charge in [0, 0.05) is 45.6 Å².